The lowest BCUT2D eigenvalue weighted by molar-refractivity contribution is -0.117. The van der Waals surface area contributed by atoms with Crippen molar-refractivity contribution < 1.29 is 14.0 Å². The Balaban J connectivity index is 1.95. The van der Waals surface area contributed by atoms with E-state index >= 15 is 0 Å². The summed E-state index contributed by atoms with van der Waals surface area (Å²) in [6.45, 7) is 0.213. The lowest BCUT2D eigenvalue weighted by Crippen LogP contribution is -2.30. The van der Waals surface area contributed by atoms with Gasteiger partial charge in [0.15, 0.2) is 0 Å². The fourth-order valence-corrected chi connectivity index (χ4v) is 1.38. The minimum atomic E-state index is -0.632. The fraction of sp³-hybridized carbons (Fsp3) is 0.0769. The number of carbonyl (C=O) groups excluding carboxylic acids is 2. The van der Waals surface area contributed by atoms with Crippen LogP contribution in [0.15, 0.2) is 53.1 Å². The molecular formula is C13H11NO3. The van der Waals surface area contributed by atoms with Gasteiger partial charge in [0, 0.05) is 5.56 Å². The van der Waals surface area contributed by atoms with Crippen molar-refractivity contribution in [2.45, 2.75) is 6.54 Å². The molecule has 0 aliphatic carbocycles. The van der Waals surface area contributed by atoms with Crippen molar-refractivity contribution >= 4 is 11.7 Å². The first-order valence-corrected chi connectivity index (χ1v) is 5.17. The van der Waals surface area contributed by atoms with E-state index in [-0.39, 0.29) is 6.54 Å². The summed E-state index contributed by atoms with van der Waals surface area (Å²) in [6.07, 6.45) is 1.51. The second-order valence-corrected chi connectivity index (χ2v) is 3.46. The molecule has 1 N–H and O–H groups in total. The maximum absolute atomic E-state index is 11.7. The first-order valence-electron chi connectivity index (χ1n) is 5.17. The Morgan fingerprint density at radius 2 is 1.82 bits per heavy atom. The van der Waals surface area contributed by atoms with Crippen LogP contribution < -0.4 is 5.32 Å². The van der Waals surface area contributed by atoms with E-state index in [1.807, 2.05) is 0 Å². The van der Waals surface area contributed by atoms with Crippen molar-refractivity contribution in [1.29, 1.82) is 0 Å². The molecule has 1 amide bonds. The molecule has 0 spiro atoms. The molecule has 17 heavy (non-hydrogen) atoms. The van der Waals surface area contributed by atoms with E-state index in [1.165, 1.54) is 6.26 Å². The summed E-state index contributed by atoms with van der Waals surface area (Å²) in [5.41, 5.74) is 0.379. The van der Waals surface area contributed by atoms with Crippen LogP contribution >= 0.6 is 0 Å². The monoisotopic (exact) mass is 229 g/mol. The molecule has 0 fully saturated rings. The van der Waals surface area contributed by atoms with Crippen LogP contribution in [0.5, 0.6) is 0 Å². The van der Waals surface area contributed by atoms with Gasteiger partial charge < -0.3 is 9.73 Å². The number of Topliss-reactive ketones (excluding diaryl/α,β-unsaturated/α-hetero) is 1. The Kier molecular flexibility index (Phi) is 3.35. The number of furan rings is 1. The number of amides is 1. The molecule has 1 aromatic heterocycles. The molecule has 0 aliphatic rings. The van der Waals surface area contributed by atoms with E-state index in [0.717, 1.165) is 0 Å². The van der Waals surface area contributed by atoms with Crippen LogP contribution in [0.2, 0.25) is 0 Å². The highest BCUT2D eigenvalue weighted by atomic mass is 16.3. The second kappa shape index (κ2) is 5.12. The first-order chi connectivity index (χ1) is 8.27. The molecule has 1 aromatic carbocycles. The zero-order chi connectivity index (χ0) is 12.1. The van der Waals surface area contributed by atoms with Crippen LogP contribution in [0, 0.1) is 0 Å². The molecule has 0 unspecified atom stereocenters. The van der Waals surface area contributed by atoms with Crippen molar-refractivity contribution in [2.75, 3.05) is 0 Å². The molecule has 1 heterocycles. The molecular weight excluding hydrogens is 218 g/mol. The van der Waals surface area contributed by atoms with Crippen LogP contribution in [0.4, 0.5) is 0 Å². The molecule has 4 nitrogen and oxygen atoms in total. The highest BCUT2D eigenvalue weighted by molar-refractivity contribution is 6.42. The summed E-state index contributed by atoms with van der Waals surface area (Å²) in [7, 11) is 0. The van der Waals surface area contributed by atoms with E-state index < -0.39 is 11.7 Å². The maximum Gasteiger partial charge on any atom is 0.292 e. The van der Waals surface area contributed by atoms with E-state index in [4.69, 9.17) is 4.42 Å². The number of nitrogens with one attached hydrogen (secondary N) is 1. The van der Waals surface area contributed by atoms with E-state index in [0.29, 0.717) is 11.3 Å². The van der Waals surface area contributed by atoms with E-state index in [9.17, 15) is 9.59 Å². The normalized spacial score (nSPS) is 9.88. The molecule has 0 bridgehead atoms. The van der Waals surface area contributed by atoms with Gasteiger partial charge in [0.25, 0.3) is 5.91 Å². The minimum absolute atomic E-state index is 0.213. The smallest absolute Gasteiger partial charge is 0.292 e. The van der Waals surface area contributed by atoms with Gasteiger partial charge in [-0.25, -0.2) is 0 Å². The predicted octanol–water partition coefficient (Wildman–Crippen LogP) is 1.78. The molecule has 0 saturated heterocycles. The highest BCUT2D eigenvalue weighted by Gasteiger charge is 2.15. The van der Waals surface area contributed by atoms with Gasteiger partial charge in [0.2, 0.25) is 5.78 Å². The van der Waals surface area contributed by atoms with E-state index in [1.54, 1.807) is 42.5 Å². The first kappa shape index (κ1) is 11.1. The van der Waals surface area contributed by atoms with Crippen molar-refractivity contribution in [1.82, 2.24) is 5.32 Å². The van der Waals surface area contributed by atoms with Crippen LogP contribution in [0.25, 0.3) is 0 Å². The quantitative estimate of drug-likeness (QED) is 0.642. The van der Waals surface area contributed by atoms with Gasteiger partial charge >= 0.3 is 0 Å². The summed E-state index contributed by atoms with van der Waals surface area (Å²) >= 11 is 0. The van der Waals surface area contributed by atoms with Gasteiger partial charge in [-0.3, -0.25) is 9.59 Å². The van der Waals surface area contributed by atoms with Crippen LogP contribution in [0.3, 0.4) is 0 Å². The maximum atomic E-state index is 11.7. The second-order valence-electron chi connectivity index (χ2n) is 3.46. The molecule has 0 saturated carbocycles. The summed E-state index contributed by atoms with van der Waals surface area (Å²) in [5.74, 6) is -0.566. The van der Waals surface area contributed by atoms with Gasteiger partial charge in [-0.2, -0.15) is 0 Å². The Morgan fingerprint density at radius 1 is 1.06 bits per heavy atom. The topological polar surface area (TPSA) is 59.3 Å². The number of ketones is 1. The average molecular weight is 229 g/mol. The Hall–Kier alpha value is -2.36. The third-order valence-electron chi connectivity index (χ3n) is 2.25. The van der Waals surface area contributed by atoms with Gasteiger partial charge in [0.05, 0.1) is 12.8 Å². The van der Waals surface area contributed by atoms with Crippen LogP contribution in [0.1, 0.15) is 16.1 Å². The van der Waals surface area contributed by atoms with Gasteiger partial charge in [-0.15, -0.1) is 0 Å². The SMILES string of the molecule is O=C(NCc1ccco1)C(=O)c1ccccc1. The molecule has 0 atom stereocenters. The molecule has 4 heteroatoms. The lowest BCUT2D eigenvalue weighted by atomic mass is 10.1. The van der Waals surface area contributed by atoms with Crippen molar-refractivity contribution in [3.63, 3.8) is 0 Å². The fourth-order valence-electron chi connectivity index (χ4n) is 1.38. The van der Waals surface area contributed by atoms with Crippen molar-refractivity contribution in [3.8, 4) is 0 Å². The molecule has 2 rings (SSSR count). The number of rotatable bonds is 4. The molecule has 0 radical (unpaired) electrons. The number of carbonyl (C=O) groups is 2. The summed E-state index contributed by atoms with van der Waals surface area (Å²) in [4.78, 5) is 23.2. The molecule has 2 aromatic rings. The van der Waals surface area contributed by atoms with Gasteiger partial charge in [0.1, 0.15) is 5.76 Å². The molecule has 0 aliphatic heterocycles. The minimum Gasteiger partial charge on any atom is -0.467 e. The average Bonchev–Trinajstić information content (AvgIpc) is 2.89. The lowest BCUT2D eigenvalue weighted by Gasteiger charge is -2.02. The third-order valence-corrected chi connectivity index (χ3v) is 2.25. The molecule has 86 valence electrons. The summed E-state index contributed by atoms with van der Waals surface area (Å²) in [5, 5.41) is 2.50. The van der Waals surface area contributed by atoms with Crippen molar-refractivity contribution in [3.05, 3.63) is 60.1 Å². The number of hydrogen-bond acceptors (Lipinski definition) is 3. The standard InChI is InChI=1S/C13H11NO3/c15-12(10-5-2-1-3-6-10)13(16)14-9-11-7-4-8-17-11/h1-8H,9H2,(H,14,16). The van der Waals surface area contributed by atoms with Crippen molar-refractivity contribution in [2.24, 2.45) is 0 Å². The largest absolute Gasteiger partial charge is 0.467 e. The van der Waals surface area contributed by atoms with Gasteiger partial charge in [-0.05, 0) is 12.1 Å². The van der Waals surface area contributed by atoms with Crippen LogP contribution in [-0.4, -0.2) is 11.7 Å². The highest BCUT2D eigenvalue weighted by Crippen LogP contribution is 2.01. The zero-order valence-corrected chi connectivity index (χ0v) is 9.05. The zero-order valence-electron chi connectivity index (χ0n) is 9.05. The Labute approximate surface area is 98.3 Å². The predicted molar refractivity (Wildman–Crippen MR) is 61.3 cm³/mol. The Bertz CT molecular complexity index is 503. The van der Waals surface area contributed by atoms with E-state index in [2.05, 4.69) is 5.32 Å². The third kappa shape index (κ3) is 2.81. The van der Waals surface area contributed by atoms with Crippen LogP contribution in [-0.2, 0) is 11.3 Å². The number of hydrogen-bond donors (Lipinski definition) is 1. The summed E-state index contributed by atoms with van der Waals surface area (Å²) in [6, 6.07) is 11.9. The Morgan fingerprint density at radius 3 is 2.47 bits per heavy atom. The van der Waals surface area contributed by atoms with Gasteiger partial charge in [-0.1, -0.05) is 30.3 Å². The number of benzene rings is 1. The summed E-state index contributed by atoms with van der Waals surface area (Å²) < 4.78 is 5.04.